The SMILES string of the molecule is CCN(CC(=O)NC(C)C)C(=O)c1ccc(C)cc1O. The van der Waals surface area contributed by atoms with Crippen LogP contribution in [0, 0.1) is 6.92 Å². The van der Waals surface area contributed by atoms with Crippen molar-refractivity contribution < 1.29 is 14.7 Å². The van der Waals surface area contributed by atoms with Crippen molar-refractivity contribution in [1.82, 2.24) is 10.2 Å². The molecule has 0 aliphatic heterocycles. The third-order valence-electron chi connectivity index (χ3n) is 2.84. The summed E-state index contributed by atoms with van der Waals surface area (Å²) in [6.45, 7) is 7.75. The van der Waals surface area contributed by atoms with E-state index in [2.05, 4.69) is 5.32 Å². The number of carbonyl (C=O) groups is 2. The van der Waals surface area contributed by atoms with E-state index in [1.165, 1.54) is 11.0 Å². The average molecular weight is 278 g/mol. The number of phenolic OH excluding ortho intramolecular Hbond substituents is 1. The van der Waals surface area contributed by atoms with Crippen LogP contribution in [0.15, 0.2) is 18.2 Å². The molecule has 0 aromatic heterocycles. The van der Waals surface area contributed by atoms with Crippen molar-refractivity contribution >= 4 is 11.8 Å². The molecule has 0 aliphatic carbocycles. The van der Waals surface area contributed by atoms with E-state index < -0.39 is 0 Å². The van der Waals surface area contributed by atoms with Crippen LogP contribution in [0.2, 0.25) is 0 Å². The first kappa shape index (κ1) is 16.0. The number of rotatable bonds is 5. The van der Waals surface area contributed by atoms with E-state index in [1.807, 2.05) is 20.8 Å². The number of aromatic hydroxyl groups is 1. The zero-order valence-corrected chi connectivity index (χ0v) is 12.4. The minimum absolute atomic E-state index is 0.0131. The van der Waals surface area contributed by atoms with Crippen LogP contribution in [0.25, 0.3) is 0 Å². The van der Waals surface area contributed by atoms with Gasteiger partial charge in [-0.25, -0.2) is 0 Å². The van der Waals surface area contributed by atoms with Gasteiger partial charge in [0.2, 0.25) is 5.91 Å². The van der Waals surface area contributed by atoms with Gasteiger partial charge in [0.05, 0.1) is 12.1 Å². The number of likely N-dealkylation sites (N-methyl/N-ethyl adjacent to an activating group) is 1. The monoisotopic (exact) mass is 278 g/mol. The minimum Gasteiger partial charge on any atom is -0.507 e. The minimum atomic E-state index is -0.344. The molecule has 0 spiro atoms. The molecule has 0 unspecified atom stereocenters. The lowest BCUT2D eigenvalue weighted by atomic mass is 10.1. The topological polar surface area (TPSA) is 69.6 Å². The second kappa shape index (κ2) is 6.93. The number of nitrogens with one attached hydrogen (secondary N) is 1. The third kappa shape index (κ3) is 4.26. The molecule has 0 heterocycles. The van der Waals surface area contributed by atoms with Crippen LogP contribution >= 0.6 is 0 Å². The maximum Gasteiger partial charge on any atom is 0.258 e. The summed E-state index contributed by atoms with van der Waals surface area (Å²) in [5.74, 6) is -0.608. The first-order chi connectivity index (χ1) is 9.35. The summed E-state index contributed by atoms with van der Waals surface area (Å²) in [5.41, 5.74) is 1.09. The second-order valence-electron chi connectivity index (χ2n) is 5.06. The molecule has 0 fully saturated rings. The number of aryl methyl sites for hydroxylation is 1. The first-order valence-corrected chi connectivity index (χ1v) is 6.73. The predicted octanol–water partition coefficient (Wildman–Crippen LogP) is 1.69. The summed E-state index contributed by atoms with van der Waals surface area (Å²) in [6, 6.07) is 4.91. The Kier molecular flexibility index (Phi) is 5.55. The summed E-state index contributed by atoms with van der Waals surface area (Å²) in [4.78, 5) is 25.5. The molecule has 110 valence electrons. The van der Waals surface area contributed by atoms with Gasteiger partial charge in [-0.05, 0) is 45.4 Å². The Morgan fingerprint density at radius 3 is 2.50 bits per heavy atom. The van der Waals surface area contributed by atoms with Gasteiger partial charge < -0.3 is 15.3 Å². The van der Waals surface area contributed by atoms with Crippen molar-refractivity contribution in [3.63, 3.8) is 0 Å². The molecule has 20 heavy (non-hydrogen) atoms. The van der Waals surface area contributed by atoms with E-state index in [0.717, 1.165) is 5.56 Å². The van der Waals surface area contributed by atoms with Crippen LogP contribution in [-0.4, -0.2) is 41.0 Å². The maximum absolute atomic E-state index is 12.3. The summed E-state index contributed by atoms with van der Waals surface area (Å²) >= 11 is 0. The zero-order valence-electron chi connectivity index (χ0n) is 12.4. The molecule has 1 rings (SSSR count). The molecule has 1 aromatic carbocycles. The Morgan fingerprint density at radius 1 is 1.35 bits per heavy atom. The zero-order chi connectivity index (χ0) is 15.3. The van der Waals surface area contributed by atoms with E-state index in [-0.39, 0.29) is 35.7 Å². The fraction of sp³-hybridized carbons (Fsp3) is 0.467. The number of hydrogen-bond donors (Lipinski definition) is 2. The highest BCUT2D eigenvalue weighted by Crippen LogP contribution is 2.20. The lowest BCUT2D eigenvalue weighted by molar-refractivity contribution is -0.122. The normalized spacial score (nSPS) is 10.4. The van der Waals surface area contributed by atoms with Gasteiger partial charge in [0, 0.05) is 12.6 Å². The van der Waals surface area contributed by atoms with Crippen molar-refractivity contribution in [2.24, 2.45) is 0 Å². The molecule has 0 bridgehead atoms. The Morgan fingerprint density at radius 2 is 2.00 bits per heavy atom. The van der Waals surface area contributed by atoms with E-state index >= 15 is 0 Å². The molecule has 0 saturated heterocycles. The Balaban J connectivity index is 2.84. The Bertz CT molecular complexity index is 498. The first-order valence-electron chi connectivity index (χ1n) is 6.73. The highest BCUT2D eigenvalue weighted by atomic mass is 16.3. The average Bonchev–Trinajstić information content (AvgIpc) is 2.34. The van der Waals surface area contributed by atoms with Gasteiger partial charge in [-0.3, -0.25) is 9.59 Å². The van der Waals surface area contributed by atoms with Gasteiger partial charge in [0.25, 0.3) is 5.91 Å². The smallest absolute Gasteiger partial charge is 0.258 e. The van der Waals surface area contributed by atoms with E-state index in [9.17, 15) is 14.7 Å². The van der Waals surface area contributed by atoms with Crippen LogP contribution in [0.4, 0.5) is 0 Å². The molecule has 1 aromatic rings. The standard InChI is InChI=1S/C15H22N2O3/c1-5-17(9-14(19)16-10(2)3)15(20)12-7-6-11(4)8-13(12)18/h6-8,10,18H,5,9H2,1-4H3,(H,16,19). The second-order valence-corrected chi connectivity index (χ2v) is 5.06. The Labute approximate surface area is 119 Å². The summed E-state index contributed by atoms with van der Waals surface area (Å²) in [5, 5.41) is 12.6. The van der Waals surface area contributed by atoms with Crippen LogP contribution in [0.5, 0.6) is 5.75 Å². The summed E-state index contributed by atoms with van der Waals surface area (Å²) < 4.78 is 0. The van der Waals surface area contributed by atoms with Crippen molar-refractivity contribution in [1.29, 1.82) is 0 Å². The number of carbonyl (C=O) groups excluding carboxylic acids is 2. The Hall–Kier alpha value is -2.04. The summed E-state index contributed by atoms with van der Waals surface area (Å²) in [7, 11) is 0. The number of amides is 2. The van der Waals surface area contributed by atoms with Gasteiger partial charge >= 0.3 is 0 Å². The lowest BCUT2D eigenvalue weighted by Crippen LogP contribution is -2.42. The number of phenols is 1. The highest BCUT2D eigenvalue weighted by molar-refractivity contribution is 5.98. The number of benzene rings is 1. The van der Waals surface area contributed by atoms with Crippen molar-refractivity contribution in [2.75, 3.05) is 13.1 Å². The molecular formula is C15H22N2O3. The molecule has 0 radical (unpaired) electrons. The molecule has 0 aliphatic rings. The van der Waals surface area contributed by atoms with Gasteiger partial charge in [0.15, 0.2) is 0 Å². The van der Waals surface area contributed by atoms with E-state index in [1.54, 1.807) is 19.1 Å². The quantitative estimate of drug-likeness (QED) is 0.861. The highest BCUT2D eigenvalue weighted by Gasteiger charge is 2.20. The third-order valence-corrected chi connectivity index (χ3v) is 2.84. The van der Waals surface area contributed by atoms with Gasteiger partial charge in [-0.2, -0.15) is 0 Å². The predicted molar refractivity (Wildman–Crippen MR) is 77.7 cm³/mol. The lowest BCUT2D eigenvalue weighted by Gasteiger charge is -2.21. The van der Waals surface area contributed by atoms with Crippen LogP contribution in [0.3, 0.4) is 0 Å². The molecular weight excluding hydrogens is 256 g/mol. The number of hydrogen-bond acceptors (Lipinski definition) is 3. The number of nitrogens with zero attached hydrogens (tertiary/aromatic N) is 1. The largest absolute Gasteiger partial charge is 0.507 e. The molecule has 2 amide bonds. The van der Waals surface area contributed by atoms with E-state index in [4.69, 9.17) is 0 Å². The van der Waals surface area contributed by atoms with Gasteiger partial charge in [0.1, 0.15) is 5.75 Å². The summed E-state index contributed by atoms with van der Waals surface area (Å²) in [6.07, 6.45) is 0. The molecule has 0 saturated carbocycles. The van der Waals surface area contributed by atoms with Crippen LogP contribution in [0.1, 0.15) is 36.7 Å². The molecule has 5 heteroatoms. The van der Waals surface area contributed by atoms with Gasteiger partial charge in [-0.1, -0.05) is 6.07 Å². The fourth-order valence-corrected chi connectivity index (χ4v) is 1.86. The van der Waals surface area contributed by atoms with Crippen molar-refractivity contribution in [2.45, 2.75) is 33.7 Å². The molecule has 0 atom stereocenters. The van der Waals surface area contributed by atoms with Gasteiger partial charge in [-0.15, -0.1) is 0 Å². The van der Waals surface area contributed by atoms with E-state index in [0.29, 0.717) is 6.54 Å². The maximum atomic E-state index is 12.3. The van der Waals surface area contributed by atoms with Crippen LogP contribution < -0.4 is 5.32 Å². The molecule has 5 nitrogen and oxygen atoms in total. The van der Waals surface area contributed by atoms with Crippen LogP contribution in [-0.2, 0) is 4.79 Å². The molecule has 2 N–H and O–H groups in total. The van der Waals surface area contributed by atoms with Crippen molar-refractivity contribution in [3.05, 3.63) is 29.3 Å². The van der Waals surface area contributed by atoms with Crippen molar-refractivity contribution in [3.8, 4) is 5.75 Å². The fourth-order valence-electron chi connectivity index (χ4n) is 1.86.